The number of alkyl halides is 6. The van der Waals surface area contributed by atoms with Crippen molar-refractivity contribution in [2.24, 2.45) is 0 Å². The van der Waals surface area contributed by atoms with E-state index in [1.165, 1.54) is 0 Å². The van der Waals surface area contributed by atoms with Crippen molar-refractivity contribution < 1.29 is 5.11 Å². The van der Waals surface area contributed by atoms with Crippen molar-refractivity contribution in [3.8, 4) is 0 Å². The first-order valence-electron chi connectivity index (χ1n) is 1.95. The van der Waals surface area contributed by atoms with Crippen LogP contribution in [-0.2, 0) is 0 Å². The average Bonchev–Trinajstić information content (AvgIpc) is 1.62. The summed E-state index contributed by atoms with van der Waals surface area (Å²) in [5.41, 5.74) is 0. The SMILES string of the molecule is OC(I)(I)C(I)(I)C(I)I. The molecule has 0 aliphatic rings. The summed E-state index contributed by atoms with van der Waals surface area (Å²) in [6, 6.07) is 0. The molecule has 0 aliphatic heterocycles. The Balaban J connectivity index is 4.40. The second kappa shape index (κ2) is 5.43. The fourth-order valence-corrected chi connectivity index (χ4v) is 4.04. The average molecular weight is 815 g/mol. The largest absolute Gasteiger partial charge is 0.369 e. The van der Waals surface area contributed by atoms with Gasteiger partial charge in [0.25, 0.3) is 0 Å². The molecule has 62 valence electrons. The van der Waals surface area contributed by atoms with Gasteiger partial charge in [0.1, 0.15) is 1.43 Å². The Morgan fingerprint density at radius 1 is 1.00 bits per heavy atom. The summed E-state index contributed by atoms with van der Waals surface area (Å²) in [4.78, 5) is 0. The zero-order valence-electron chi connectivity index (χ0n) is 4.29. The molecule has 1 N–H and O–H groups in total. The summed E-state index contributed by atoms with van der Waals surface area (Å²) in [5, 5.41) is 9.66. The van der Waals surface area contributed by atoms with E-state index >= 15 is 0 Å². The molecule has 0 fully saturated rings. The molecule has 0 heterocycles. The summed E-state index contributed by atoms with van der Waals surface area (Å²) < 4.78 is -0.399. The summed E-state index contributed by atoms with van der Waals surface area (Å²) in [6.45, 7) is 0. The maximum Gasteiger partial charge on any atom is 0.192 e. The number of hydrogen-bond donors (Lipinski definition) is 1. The molecule has 0 spiro atoms. The fourth-order valence-electron chi connectivity index (χ4n) is 0.131. The Hall–Kier alpha value is 4.34. The van der Waals surface area contributed by atoms with Crippen LogP contribution >= 0.6 is 136 Å². The molecule has 0 aromatic heterocycles. The van der Waals surface area contributed by atoms with E-state index in [2.05, 4.69) is 136 Å². The van der Waals surface area contributed by atoms with Crippen molar-refractivity contribution in [2.45, 2.75) is 4.97 Å². The van der Waals surface area contributed by atoms with Crippen LogP contribution in [0.5, 0.6) is 0 Å². The van der Waals surface area contributed by atoms with Crippen LogP contribution in [0.25, 0.3) is 0 Å². The van der Waals surface area contributed by atoms with Gasteiger partial charge in [-0.25, -0.2) is 0 Å². The molecule has 10 heavy (non-hydrogen) atoms. The van der Waals surface area contributed by atoms with Crippen molar-refractivity contribution in [2.75, 3.05) is 0 Å². The summed E-state index contributed by atoms with van der Waals surface area (Å²) in [5.74, 6) is 0. The molecule has 0 atom stereocenters. The second-order valence-corrected chi connectivity index (χ2v) is 17.0. The van der Waals surface area contributed by atoms with Crippen LogP contribution in [-0.4, -0.2) is 10.1 Å². The van der Waals surface area contributed by atoms with Gasteiger partial charge >= 0.3 is 0 Å². The molecule has 0 amide bonds. The topological polar surface area (TPSA) is 20.2 Å². The Morgan fingerprint density at radius 2 is 1.30 bits per heavy atom. The van der Waals surface area contributed by atoms with E-state index in [4.69, 9.17) is 0 Å². The highest BCUT2D eigenvalue weighted by atomic mass is 127. The quantitative estimate of drug-likeness (QED) is 0.327. The molecule has 0 unspecified atom stereocenters. The maximum absolute atomic E-state index is 9.66. The summed E-state index contributed by atoms with van der Waals surface area (Å²) in [7, 11) is 0. The lowest BCUT2D eigenvalue weighted by molar-refractivity contribution is 0.266. The molecule has 0 saturated heterocycles. The van der Waals surface area contributed by atoms with Crippen molar-refractivity contribution in [1.82, 2.24) is 0 Å². The minimum atomic E-state index is -0.684. The van der Waals surface area contributed by atoms with Crippen molar-refractivity contribution in [3.05, 3.63) is 0 Å². The highest BCUT2D eigenvalue weighted by Gasteiger charge is 2.47. The molecule has 7 heteroatoms. The first-order valence-corrected chi connectivity index (χ1v) is 8.76. The van der Waals surface area contributed by atoms with Crippen LogP contribution in [0, 0.1) is 0 Å². The van der Waals surface area contributed by atoms with E-state index in [0.717, 1.165) is 0 Å². The lowest BCUT2D eigenvalue weighted by Gasteiger charge is -2.31. The maximum atomic E-state index is 9.66. The Morgan fingerprint density at radius 3 is 1.30 bits per heavy atom. The molecule has 1 nitrogen and oxygen atoms in total. The molecular formula is C3H2I6O. The van der Waals surface area contributed by atoms with E-state index in [9.17, 15) is 5.11 Å². The third-order valence-corrected chi connectivity index (χ3v) is 15.9. The number of rotatable bonds is 2. The standard InChI is InChI=1S/C3H2I6O/c4-1(5)2(6,7)3(8,9)10/h1,10H. The van der Waals surface area contributed by atoms with Crippen LogP contribution in [0.3, 0.4) is 0 Å². The smallest absolute Gasteiger partial charge is 0.192 e. The normalized spacial score (nSPS) is 14.4. The summed E-state index contributed by atoms with van der Waals surface area (Å²) >= 11 is 13.3. The van der Waals surface area contributed by atoms with Gasteiger partial charge in [-0.05, 0) is 45.2 Å². The van der Waals surface area contributed by atoms with E-state index in [-0.39, 0.29) is 1.43 Å². The van der Waals surface area contributed by atoms with Crippen LogP contribution in [0.2, 0.25) is 0 Å². The van der Waals surface area contributed by atoms with E-state index in [0.29, 0.717) is 1.93 Å². The van der Waals surface area contributed by atoms with Gasteiger partial charge in [0, 0.05) is 0 Å². The van der Waals surface area contributed by atoms with Crippen LogP contribution in [0.4, 0.5) is 0 Å². The zero-order valence-corrected chi connectivity index (χ0v) is 17.2. The number of hydrogen-bond acceptors (Lipinski definition) is 1. The van der Waals surface area contributed by atoms with E-state index < -0.39 is 1.61 Å². The minimum Gasteiger partial charge on any atom is -0.369 e. The Labute approximate surface area is 142 Å². The van der Waals surface area contributed by atoms with Gasteiger partial charge in [-0.15, -0.1) is 0 Å². The molecule has 0 bridgehead atoms. The van der Waals surface area contributed by atoms with Gasteiger partial charge in [-0.1, -0.05) is 90.4 Å². The van der Waals surface area contributed by atoms with Gasteiger partial charge in [-0.3, -0.25) is 0 Å². The molecule has 0 saturated carbocycles. The third kappa shape index (κ3) is 4.24. The Kier molecular flexibility index (Phi) is 7.79. The second-order valence-electron chi connectivity index (χ2n) is 1.46. The molecule has 0 radical (unpaired) electrons. The number of aliphatic hydroxyl groups is 1. The lowest BCUT2D eigenvalue weighted by Crippen LogP contribution is -2.38. The molecular weight excluding hydrogens is 813 g/mol. The van der Waals surface area contributed by atoms with Crippen molar-refractivity contribution in [3.63, 3.8) is 0 Å². The van der Waals surface area contributed by atoms with Crippen LogP contribution in [0.1, 0.15) is 0 Å². The predicted octanol–water partition coefficient (Wildman–Crippen LogP) is 4.26. The highest BCUT2D eigenvalue weighted by Crippen LogP contribution is 2.54. The number of halogens is 6. The zero-order chi connectivity index (χ0) is 8.58. The molecule has 0 aromatic carbocycles. The van der Waals surface area contributed by atoms with Gasteiger partial charge in [0.05, 0.1) is 1.93 Å². The van der Waals surface area contributed by atoms with Crippen molar-refractivity contribution >= 4 is 136 Å². The van der Waals surface area contributed by atoms with Crippen molar-refractivity contribution in [1.29, 1.82) is 0 Å². The van der Waals surface area contributed by atoms with Gasteiger partial charge < -0.3 is 5.11 Å². The van der Waals surface area contributed by atoms with Crippen LogP contribution < -0.4 is 0 Å². The minimum absolute atomic E-state index is 0.120. The third-order valence-electron chi connectivity index (χ3n) is 0.675. The van der Waals surface area contributed by atoms with Crippen LogP contribution in [0.15, 0.2) is 0 Å². The first kappa shape index (κ1) is 14.3. The first-order chi connectivity index (χ1) is 4.19. The summed E-state index contributed by atoms with van der Waals surface area (Å²) in [6.07, 6.45) is 0. The lowest BCUT2D eigenvalue weighted by atomic mass is 10.5. The van der Waals surface area contributed by atoms with E-state index in [1.54, 1.807) is 0 Å². The molecule has 0 rings (SSSR count). The van der Waals surface area contributed by atoms with E-state index in [1.807, 2.05) is 0 Å². The highest BCUT2D eigenvalue weighted by molar-refractivity contribution is 14.2. The Bertz CT molecular complexity index is 115. The molecule has 0 aromatic rings. The monoisotopic (exact) mass is 815 g/mol. The van der Waals surface area contributed by atoms with Gasteiger partial charge in [0.15, 0.2) is 1.61 Å². The predicted molar refractivity (Wildman–Crippen MR) is 95.6 cm³/mol. The fraction of sp³-hybridized carbons (Fsp3) is 1.00. The molecule has 0 aliphatic carbocycles. The van der Waals surface area contributed by atoms with Gasteiger partial charge in [0.2, 0.25) is 0 Å². The van der Waals surface area contributed by atoms with Gasteiger partial charge in [-0.2, -0.15) is 0 Å².